The molecule has 0 amide bonds. The minimum atomic E-state index is 0.293. The second-order valence-electron chi connectivity index (χ2n) is 5.16. The maximum Gasteiger partial charge on any atom is 0.118 e. The molecule has 1 heterocycles. The summed E-state index contributed by atoms with van der Waals surface area (Å²) in [7, 11) is 1.69. The fraction of sp³-hybridized carbons (Fsp3) is 0.600. The molecule has 2 rings (SSSR count). The zero-order valence-corrected chi connectivity index (χ0v) is 13.0. The third-order valence-corrected chi connectivity index (χ3v) is 5.23. The normalized spacial score (nSPS) is 33.4. The number of benzene rings is 1. The molecule has 0 bridgehead atoms. The van der Waals surface area contributed by atoms with Crippen molar-refractivity contribution in [3.05, 3.63) is 29.8 Å². The van der Waals surface area contributed by atoms with Crippen LogP contribution in [0.15, 0.2) is 24.3 Å². The lowest BCUT2D eigenvalue weighted by Crippen LogP contribution is -2.21. The van der Waals surface area contributed by atoms with Crippen LogP contribution in [0, 0.1) is 11.8 Å². The molecule has 0 radical (unpaired) electrons. The van der Waals surface area contributed by atoms with Crippen LogP contribution in [0.1, 0.15) is 31.2 Å². The van der Waals surface area contributed by atoms with Crippen molar-refractivity contribution in [2.45, 2.75) is 37.8 Å². The smallest absolute Gasteiger partial charge is 0.118 e. The largest absolute Gasteiger partial charge is 0.497 e. The Labute approximate surface area is 118 Å². The van der Waals surface area contributed by atoms with E-state index in [0.29, 0.717) is 28.9 Å². The summed E-state index contributed by atoms with van der Waals surface area (Å²) in [5, 5.41) is 0. The van der Waals surface area contributed by atoms with E-state index >= 15 is 0 Å². The Hall–Kier alpha value is -0.540. The van der Waals surface area contributed by atoms with Gasteiger partial charge in [0.2, 0.25) is 0 Å². The number of alkyl halides is 1. The second-order valence-corrected chi connectivity index (χ2v) is 6.14. The van der Waals surface area contributed by atoms with Crippen molar-refractivity contribution in [1.29, 1.82) is 0 Å². The van der Waals surface area contributed by atoms with Crippen LogP contribution in [0.4, 0.5) is 0 Å². The van der Waals surface area contributed by atoms with Crippen LogP contribution in [-0.2, 0) is 4.74 Å². The van der Waals surface area contributed by atoms with E-state index in [-0.39, 0.29) is 0 Å². The first-order valence-corrected chi connectivity index (χ1v) is 7.39. The first kappa shape index (κ1) is 13.9. The van der Waals surface area contributed by atoms with Gasteiger partial charge in [0.25, 0.3) is 0 Å². The van der Waals surface area contributed by atoms with E-state index in [2.05, 4.69) is 48.8 Å². The van der Waals surface area contributed by atoms with Gasteiger partial charge in [-0.3, -0.25) is 0 Å². The van der Waals surface area contributed by atoms with Gasteiger partial charge in [0.15, 0.2) is 0 Å². The maximum absolute atomic E-state index is 5.92. The molecule has 0 spiro atoms. The van der Waals surface area contributed by atoms with Gasteiger partial charge >= 0.3 is 0 Å². The maximum atomic E-state index is 5.92. The van der Waals surface area contributed by atoms with Crippen molar-refractivity contribution in [2.24, 2.45) is 11.8 Å². The van der Waals surface area contributed by atoms with Gasteiger partial charge in [0.05, 0.1) is 19.3 Å². The molecule has 1 saturated heterocycles. The molecule has 0 aromatic heterocycles. The Morgan fingerprint density at radius 2 is 1.72 bits per heavy atom. The molecule has 1 fully saturated rings. The molecule has 1 aliphatic rings. The molecular formula is C15H21BrO2. The molecule has 1 aromatic carbocycles. The Morgan fingerprint density at radius 1 is 1.11 bits per heavy atom. The summed E-state index contributed by atoms with van der Waals surface area (Å²) in [4.78, 5) is 0.332. The van der Waals surface area contributed by atoms with Gasteiger partial charge in [0.1, 0.15) is 5.75 Å². The molecule has 0 N–H and O–H groups in total. The zero-order valence-electron chi connectivity index (χ0n) is 11.4. The van der Waals surface area contributed by atoms with Crippen molar-refractivity contribution < 1.29 is 9.47 Å². The second kappa shape index (κ2) is 5.62. The fourth-order valence-electron chi connectivity index (χ4n) is 2.81. The highest BCUT2D eigenvalue weighted by Gasteiger charge is 2.41. The average molecular weight is 313 g/mol. The molecule has 5 unspecified atom stereocenters. The van der Waals surface area contributed by atoms with Gasteiger partial charge in [-0.15, -0.1) is 0 Å². The van der Waals surface area contributed by atoms with E-state index in [1.807, 2.05) is 12.1 Å². The highest BCUT2D eigenvalue weighted by molar-refractivity contribution is 9.09. The zero-order chi connectivity index (χ0) is 13.3. The highest BCUT2D eigenvalue weighted by atomic mass is 79.9. The van der Waals surface area contributed by atoms with Crippen LogP contribution in [0.3, 0.4) is 0 Å². The topological polar surface area (TPSA) is 18.5 Å². The molecule has 5 atom stereocenters. The quantitative estimate of drug-likeness (QED) is 0.779. The number of ether oxygens (including phenoxy) is 2. The van der Waals surface area contributed by atoms with E-state index in [1.54, 1.807) is 7.11 Å². The van der Waals surface area contributed by atoms with Crippen LogP contribution in [-0.4, -0.2) is 19.3 Å². The summed E-state index contributed by atoms with van der Waals surface area (Å²) in [6.07, 6.45) is 0.629. The summed E-state index contributed by atoms with van der Waals surface area (Å²) < 4.78 is 11.1. The van der Waals surface area contributed by atoms with Crippen molar-refractivity contribution in [3.8, 4) is 5.75 Å². The molecule has 0 aliphatic carbocycles. The molecule has 100 valence electrons. The first-order chi connectivity index (χ1) is 8.54. The monoisotopic (exact) mass is 312 g/mol. The van der Waals surface area contributed by atoms with Crippen LogP contribution < -0.4 is 4.74 Å². The summed E-state index contributed by atoms with van der Waals surface area (Å²) in [6.45, 7) is 6.61. The summed E-state index contributed by atoms with van der Waals surface area (Å²) in [5.41, 5.74) is 1.29. The molecule has 0 saturated carbocycles. The van der Waals surface area contributed by atoms with E-state index in [1.165, 1.54) is 5.56 Å². The average Bonchev–Trinajstić information content (AvgIpc) is 2.63. The van der Waals surface area contributed by atoms with Crippen LogP contribution >= 0.6 is 15.9 Å². The van der Waals surface area contributed by atoms with Gasteiger partial charge in [-0.2, -0.15) is 0 Å². The minimum Gasteiger partial charge on any atom is -0.497 e. The molecule has 2 nitrogen and oxygen atoms in total. The van der Waals surface area contributed by atoms with E-state index in [4.69, 9.17) is 9.47 Å². The molecule has 1 aromatic rings. The van der Waals surface area contributed by atoms with Gasteiger partial charge in [-0.25, -0.2) is 0 Å². The van der Waals surface area contributed by atoms with Gasteiger partial charge in [0, 0.05) is 10.7 Å². The van der Waals surface area contributed by atoms with Crippen LogP contribution in [0.5, 0.6) is 5.75 Å². The van der Waals surface area contributed by atoms with Crippen LogP contribution in [0.25, 0.3) is 0 Å². The highest BCUT2D eigenvalue weighted by Crippen LogP contribution is 2.45. The molecule has 3 heteroatoms. The SMILES string of the molecule is COc1ccc(C(Br)C2C(C)OC(C)C2C)cc1. The number of hydrogen-bond acceptors (Lipinski definition) is 2. The summed E-state index contributed by atoms with van der Waals surface area (Å²) >= 11 is 3.85. The number of rotatable bonds is 3. The standard InChI is InChI=1S/C15H21BrO2/c1-9-10(2)18-11(3)14(9)15(16)12-5-7-13(17-4)8-6-12/h5-11,14-15H,1-4H3. The lowest BCUT2D eigenvalue weighted by molar-refractivity contribution is 0.0511. The number of hydrogen-bond donors (Lipinski definition) is 0. The molecular weight excluding hydrogens is 292 g/mol. The van der Waals surface area contributed by atoms with Crippen LogP contribution in [0.2, 0.25) is 0 Å². The Morgan fingerprint density at radius 3 is 2.17 bits per heavy atom. The van der Waals surface area contributed by atoms with Gasteiger partial charge in [-0.1, -0.05) is 35.0 Å². The van der Waals surface area contributed by atoms with Crippen molar-refractivity contribution in [1.82, 2.24) is 0 Å². The van der Waals surface area contributed by atoms with E-state index < -0.39 is 0 Å². The lowest BCUT2D eigenvalue weighted by atomic mass is 9.84. The predicted molar refractivity (Wildman–Crippen MR) is 77.3 cm³/mol. The third kappa shape index (κ3) is 2.57. The predicted octanol–water partition coefficient (Wildman–Crippen LogP) is 4.19. The first-order valence-electron chi connectivity index (χ1n) is 6.48. The van der Waals surface area contributed by atoms with Crippen molar-refractivity contribution >= 4 is 15.9 Å². The summed E-state index contributed by atoms with van der Waals surface area (Å²) in [5.74, 6) is 1.97. The van der Waals surface area contributed by atoms with E-state index in [9.17, 15) is 0 Å². The van der Waals surface area contributed by atoms with E-state index in [0.717, 1.165) is 5.75 Å². The van der Waals surface area contributed by atoms with Crippen molar-refractivity contribution in [2.75, 3.05) is 7.11 Å². The van der Waals surface area contributed by atoms with Crippen molar-refractivity contribution in [3.63, 3.8) is 0 Å². The Kier molecular flexibility index (Phi) is 4.33. The Bertz CT molecular complexity index is 390. The third-order valence-electron chi connectivity index (χ3n) is 4.09. The van der Waals surface area contributed by atoms with Gasteiger partial charge in [-0.05, 0) is 37.5 Å². The number of methoxy groups -OCH3 is 1. The minimum absolute atomic E-state index is 0.293. The van der Waals surface area contributed by atoms with Gasteiger partial charge < -0.3 is 9.47 Å². The fourth-order valence-corrected chi connectivity index (χ4v) is 4.02. The summed E-state index contributed by atoms with van der Waals surface area (Å²) in [6, 6.07) is 8.28. The lowest BCUT2D eigenvalue weighted by Gasteiger charge is -2.24. The number of halogens is 1. The molecule has 1 aliphatic heterocycles. The molecule has 18 heavy (non-hydrogen) atoms. The Balaban J connectivity index is 2.17.